The van der Waals surface area contributed by atoms with Gasteiger partial charge in [0.25, 0.3) is 0 Å². The van der Waals surface area contributed by atoms with Crippen LogP contribution in [-0.2, 0) is 9.53 Å². The van der Waals surface area contributed by atoms with E-state index < -0.39 is 0 Å². The van der Waals surface area contributed by atoms with Crippen molar-refractivity contribution >= 4 is 11.8 Å². The fourth-order valence-electron chi connectivity index (χ4n) is 1.25. The molecule has 0 spiro atoms. The summed E-state index contributed by atoms with van der Waals surface area (Å²) in [5.41, 5.74) is 1.42. The van der Waals surface area contributed by atoms with Crippen molar-refractivity contribution in [2.24, 2.45) is 15.2 Å². The summed E-state index contributed by atoms with van der Waals surface area (Å²) >= 11 is 0. The van der Waals surface area contributed by atoms with Crippen LogP contribution in [0.15, 0.2) is 38.8 Å². The Balaban J connectivity index is 2.15. The summed E-state index contributed by atoms with van der Waals surface area (Å²) in [4.78, 5) is 15.3. The zero-order valence-corrected chi connectivity index (χ0v) is 7.73. The van der Waals surface area contributed by atoms with E-state index >= 15 is 0 Å². The van der Waals surface area contributed by atoms with Crippen molar-refractivity contribution in [1.82, 2.24) is 0 Å². The van der Waals surface area contributed by atoms with Gasteiger partial charge in [0.2, 0.25) is 0 Å². The maximum absolute atomic E-state index is 11.3. The molecule has 72 valence electrons. The Kier molecular flexibility index (Phi) is 2.22. The molecule has 0 saturated heterocycles. The van der Waals surface area contributed by atoms with E-state index in [1.807, 2.05) is 0 Å². The molecule has 0 aliphatic carbocycles. The second-order valence-corrected chi connectivity index (χ2v) is 2.87. The number of ether oxygens (including phenoxy) is 1. The van der Waals surface area contributed by atoms with Crippen molar-refractivity contribution in [2.75, 3.05) is 6.61 Å². The molecule has 0 aromatic heterocycles. The number of rotatable bonds is 2. The molecule has 2 rings (SSSR count). The average molecular weight is 191 g/mol. The SMILES string of the molecule is CCOC(=O)C1=CN=C2N=NC=C2C1. The van der Waals surface area contributed by atoms with E-state index in [4.69, 9.17) is 4.74 Å². The number of azo groups is 1. The Bertz CT molecular complexity index is 391. The first kappa shape index (κ1) is 8.80. The zero-order chi connectivity index (χ0) is 9.97. The van der Waals surface area contributed by atoms with E-state index in [1.54, 1.807) is 13.1 Å². The standard InChI is InChI=1S/C9H9N3O2/c1-2-14-9(13)7-3-6-5-11-12-8(6)10-4-7/h4-5H,2-3H2,1H3. The second kappa shape index (κ2) is 3.53. The van der Waals surface area contributed by atoms with Crippen LogP contribution in [0.2, 0.25) is 0 Å². The fourth-order valence-corrected chi connectivity index (χ4v) is 1.25. The van der Waals surface area contributed by atoms with Crippen LogP contribution in [0, 0.1) is 0 Å². The Hall–Kier alpha value is -1.78. The first-order chi connectivity index (χ1) is 6.81. The van der Waals surface area contributed by atoms with Gasteiger partial charge in [0, 0.05) is 18.2 Å². The molecule has 5 nitrogen and oxygen atoms in total. The van der Waals surface area contributed by atoms with Gasteiger partial charge in [0.15, 0.2) is 5.84 Å². The van der Waals surface area contributed by atoms with Gasteiger partial charge in [0.05, 0.1) is 18.4 Å². The van der Waals surface area contributed by atoms with Crippen molar-refractivity contribution in [3.05, 3.63) is 23.5 Å². The van der Waals surface area contributed by atoms with Crippen LogP contribution in [0.5, 0.6) is 0 Å². The van der Waals surface area contributed by atoms with Gasteiger partial charge >= 0.3 is 5.97 Å². The number of esters is 1. The predicted molar refractivity (Wildman–Crippen MR) is 49.7 cm³/mol. The largest absolute Gasteiger partial charge is 0.463 e. The van der Waals surface area contributed by atoms with Gasteiger partial charge in [-0.05, 0) is 6.92 Å². The van der Waals surface area contributed by atoms with E-state index in [9.17, 15) is 4.79 Å². The average Bonchev–Trinajstić information content (AvgIpc) is 2.64. The number of amidine groups is 1. The number of nitrogens with zero attached hydrogens (tertiary/aromatic N) is 3. The van der Waals surface area contributed by atoms with E-state index in [0.29, 0.717) is 24.4 Å². The number of fused-ring (bicyclic) bond motifs is 1. The molecule has 2 aliphatic heterocycles. The van der Waals surface area contributed by atoms with Crippen LogP contribution in [0.3, 0.4) is 0 Å². The molecular weight excluding hydrogens is 182 g/mol. The summed E-state index contributed by atoms with van der Waals surface area (Å²) < 4.78 is 4.86. The molecule has 0 fully saturated rings. The normalized spacial score (nSPS) is 18.2. The molecule has 0 atom stereocenters. The number of carbonyl (C=O) groups excluding carboxylic acids is 1. The van der Waals surface area contributed by atoms with Crippen LogP contribution in [0.4, 0.5) is 0 Å². The quantitative estimate of drug-likeness (QED) is 0.622. The number of hydrogen-bond donors (Lipinski definition) is 0. The van der Waals surface area contributed by atoms with E-state index in [0.717, 1.165) is 5.57 Å². The first-order valence-electron chi connectivity index (χ1n) is 4.35. The maximum atomic E-state index is 11.3. The lowest BCUT2D eigenvalue weighted by atomic mass is 10.0. The third-order valence-corrected chi connectivity index (χ3v) is 1.91. The molecule has 0 saturated carbocycles. The summed E-state index contributed by atoms with van der Waals surface area (Å²) in [5, 5.41) is 7.50. The molecule has 14 heavy (non-hydrogen) atoms. The first-order valence-corrected chi connectivity index (χ1v) is 4.35. The van der Waals surface area contributed by atoms with Crippen molar-refractivity contribution in [3.8, 4) is 0 Å². The molecule has 2 aliphatic rings. The molecule has 2 heterocycles. The third kappa shape index (κ3) is 1.48. The monoisotopic (exact) mass is 191 g/mol. The van der Waals surface area contributed by atoms with Gasteiger partial charge in [-0.25, -0.2) is 9.79 Å². The van der Waals surface area contributed by atoms with Crippen molar-refractivity contribution < 1.29 is 9.53 Å². The summed E-state index contributed by atoms with van der Waals surface area (Å²) in [6.07, 6.45) is 3.62. The lowest BCUT2D eigenvalue weighted by Crippen LogP contribution is -2.12. The minimum atomic E-state index is -0.317. The molecule has 0 bridgehead atoms. The molecular formula is C9H9N3O2. The van der Waals surface area contributed by atoms with Crippen LogP contribution < -0.4 is 0 Å². The van der Waals surface area contributed by atoms with Gasteiger partial charge in [-0.1, -0.05) is 0 Å². The highest BCUT2D eigenvalue weighted by molar-refractivity contribution is 6.04. The summed E-state index contributed by atoms with van der Waals surface area (Å²) in [6.45, 7) is 2.15. The summed E-state index contributed by atoms with van der Waals surface area (Å²) in [5.74, 6) is 0.279. The van der Waals surface area contributed by atoms with Gasteiger partial charge in [-0.2, -0.15) is 5.11 Å². The lowest BCUT2D eigenvalue weighted by Gasteiger charge is -2.09. The Morgan fingerprint density at radius 1 is 1.57 bits per heavy atom. The number of carbonyl (C=O) groups is 1. The van der Waals surface area contributed by atoms with Crippen LogP contribution >= 0.6 is 0 Å². The van der Waals surface area contributed by atoms with Gasteiger partial charge in [-0.3, -0.25) is 0 Å². The maximum Gasteiger partial charge on any atom is 0.335 e. The summed E-state index contributed by atoms with van der Waals surface area (Å²) in [6, 6.07) is 0. The number of aliphatic imine (C=N–C) groups is 1. The molecule has 5 heteroatoms. The molecule has 0 unspecified atom stereocenters. The van der Waals surface area contributed by atoms with Gasteiger partial charge < -0.3 is 4.74 Å². The lowest BCUT2D eigenvalue weighted by molar-refractivity contribution is -0.138. The van der Waals surface area contributed by atoms with Gasteiger partial charge in [-0.15, -0.1) is 5.11 Å². The molecule has 0 N–H and O–H groups in total. The summed E-state index contributed by atoms with van der Waals surface area (Å²) in [7, 11) is 0. The molecule has 0 amide bonds. The predicted octanol–water partition coefficient (Wildman–Crippen LogP) is 1.59. The van der Waals surface area contributed by atoms with Crippen molar-refractivity contribution in [3.63, 3.8) is 0 Å². The Morgan fingerprint density at radius 2 is 2.43 bits per heavy atom. The fraction of sp³-hybridized carbons (Fsp3) is 0.333. The van der Waals surface area contributed by atoms with E-state index in [2.05, 4.69) is 15.2 Å². The van der Waals surface area contributed by atoms with Crippen molar-refractivity contribution in [2.45, 2.75) is 13.3 Å². The van der Waals surface area contributed by atoms with Crippen LogP contribution in [-0.4, -0.2) is 18.4 Å². The highest BCUT2D eigenvalue weighted by atomic mass is 16.5. The van der Waals surface area contributed by atoms with Crippen LogP contribution in [0.1, 0.15) is 13.3 Å². The van der Waals surface area contributed by atoms with Crippen LogP contribution in [0.25, 0.3) is 0 Å². The highest BCUT2D eigenvalue weighted by Crippen LogP contribution is 2.23. The zero-order valence-electron chi connectivity index (χ0n) is 7.73. The topological polar surface area (TPSA) is 63.4 Å². The van der Waals surface area contributed by atoms with Crippen molar-refractivity contribution in [1.29, 1.82) is 0 Å². The minimum absolute atomic E-state index is 0.317. The molecule has 0 aromatic rings. The van der Waals surface area contributed by atoms with Gasteiger partial charge in [0.1, 0.15) is 0 Å². The molecule has 0 radical (unpaired) electrons. The molecule has 0 aromatic carbocycles. The Labute approximate surface area is 80.9 Å². The van der Waals surface area contributed by atoms with E-state index in [1.165, 1.54) is 6.20 Å². The number of hydrogen-bond acceptors (Lipinski definition) is 5. The second-order valence-electron chi connectivity index (χ2n) is 2.87. The van der Waals surface area contributed by atoms with E-state index in [-0.39, 0.29) is 5.97 Å². The third-order valence-electron chi connectivity index (χ3n) is 1.91. The Morgan fingerprint density at radius 3 is 3.21 bits per heavy atom. The smallest absolute Gasteiger partial charge is 0.335 e. The minimum Gasteiger partial charge on any atom is -0.463 e. The highest BCUT2D eigenvalue weighted by Gasteiger charge is 2.21.